The Hall–Kier alpha value is -2.58. The molecule has 2 amide bonds. The van der Waals surface area contributed by atoms with Gasteiger partial charge in [-0.25, -0.2) is 4.79 Å². The third-order valence-electron chi connectivity index (χ3n) is 2.08. The standard InChI is InChI=1S/C9H12N8O/c1-6(4-7-5-10-2-3-11-7)12-9(18)13-8-14-16-17-15-8/h2-3,5-6H,4H2,1H3,(H3,12,13,14,15,16,17,18). The number of hydrogen-bond acceptors (Lipinski definition) is 6. The van der Waals surface area contributed by atoms with Crippen molar-refractivity contribution < 1.29 is 4.79 Å². The summed E-state index contributed by atoms with van der Waals surface area (Å²) >= 11 is 0. The van der Waals surface area contributed by atoms with Crippen molar-refractivity contribution in [2.45, 2.75) is 19.4 Å². The first-order chi connectivity index (χ1) is 8.74. The summed E-state index contributed by atoms with van der Waals surface area (Å²) in [4.78, 5) is 19.6. The maximum absolute atomic E-state index is 11.5. The Morgan fingerprint density at radius 3 is 3.06 bits per heavy atom. The molecule has 1 atom stereocenters. The number of carbonyl (C=O) groups is 1. The van der Waals surface area contributed by atoms with Crippen LogP contribution in [0.3, 0.4) is 0 Å². The molecule has 0 radical (unpaired) electrons. The molecule has 0 aliphatic heterocycles. The van der Waals surface area contributed by atoms with E-state index in [0.29, 0.717) is 6.42 Å². The number of anilines is 1. The first kappa shape index (κ1) is 11.9. The number of nitrogens with zero attached hydrogens (tertiary/aromatic N) is 5. The predicted molar refractivity (Wildman–Crippen MR) is 61.5 cm³/mol. The summed E-state index contributed by atoms with van der Waals surface area (Å²) in [5.74, 6) is 0.124. The molecule has 0 aromatic carbocycles. The molecule has 1 unspecified atom stereocenters. The summed E-state index contributed by atoms with van der Waals surface area (Å²) < 4.78 is 0. The number of aromatic amines is 1. The first-order valence-electron chi connectivity index (χ1n) is 5.30. The molecule has 2 rings (SSSR count). The van der Waals surface area contributed by atoms with E-state index in [2.05, 4.69) is 41.2 Å². The lowest BCUT2D eigenvalue weighted by molar-refractivity contribution is 0.249. The minimum Gasteiger partial charge on any atom is -0.335 e. The highest BCUT2D eigenvalue weighted by Gasteiger charge is 2.10. The highest BCUT2D eigenvalue weighted by molar-refractivity contribution is 5.87. The van der Waals surface area contributed by atoms with Crippen LogP contribution in [0.4, 0.5) is 10.7 Å². The number of hydrogen-bond donors (Lipinski definition) is 3. The Labute approximate surface area is 102 Å². The van der Waals surface area contributed by atoms with Crippen molar-refractivity contribution in [2.75, 3.05) is 5.32 Å². The Balaban J connectivity index is 1.80. The zero-order valence-electron chi connectivity index (χ0n) is 9.66. The lowest BCUT2D eigenvalue weighted by Crippen LogP contribution is -2.37. The quantitative estimate of drug-likeness (QED) is 0.685. The number of H-pyrrole nitrogens is 1. The maximum atomic E-state index is 11.5. The van der Waals surface area contributed by atoms with Crippen molar-refractivity contribution in [3.05, 3.63) is 24.3 Å². The van der Waals surface area contributed by atoms with Crippen LogP contribution in [0, 0.1) is 0 Å². The van der Waals surface area contributed by atoms with Crippen molar-refractivity contribution >= 4 is 12.0 Å². The van der Waals surface area contributed by atoms with Gasteiger partial charge in [0.25, 0.3) is 5.95 Å². The van der Waals surface area contributed by atoms with Crippen LogP contribution in [0.5, 0.6) is 0 Å². The molecular weight excluding hydrogens is 236 g/mol. The highest BCUT2D eigenvalue weighted by Crippen LogP contribution is 1.98. The van der Waals surface area contributed by atoms with Gasteiger partial charge in [0.1, 0.15) is 0 Å². The molecule has 0 aliphatic rings. The number of aromatic nitrogens is 6. The molecule has 0 spiro atoms. The predicted octanol–water partition coefficient (Wildman–Crippen LogP) is -0.258. The Bertz CT molecular complexity index is 485. The fraction of sp³-hybridized carbons (Fsp3) is 0.333. The lowest BCUT2D eigenvalue weighted by atomic mass is 10.2. The molecule has 0 fully saturated rings. The minimum absolute atomic E-state index is 0.0893. The van der Waals surface area contributed by atoms with Gasteiger partial charge in [-0.15, -0.1) is 5.10 Å². The number of tetrazole rings is 1. The number of nitrogens with one attached hydrogen (secondary N) is 3. The molecule has 3 N–H and O–H groups in total. The highest BCUT2D eigenvalue weighted by atomic mass is 16.2. The summed E-state index contributed by atoms with van der Waals surface area (Å²) in [5.41, 5.74) is 0.810. The van der Waals surface area contributed by atoms with Crippen LogP contribution in [0.15, 0.2) is 18.6 Å². The van der Waals surface area contributed by atoms with E-state index in [0.717, 1.165) is 5.69 Å². The van der Waals surface area contributed by atoms with Crippen LogP contribution in [0.1, 0.15) is 12.6 Å². The fourth-order valence-electron chi connectivity index (χ4n) is 1.38. The Kier molecular flexibility index (Phi) is 3.74. The summed E-state index contributed by atoms with van der Waals surface area (Å²) in [6.45, 7) is 1.87. The van der Waals surface area contributed by atoms with Gasteiger partial charge in [0.05, 0.1) is 5.69 Å². The number of carbonyl (C=O) groups excluding carboxylic acids is 1. The molecule has 2 heterocycles. The van der Waals surface area contributed by atoms with Crippen LogP contribution < -0.4 is 10.6 Å². The van der Waals surface area contributed by atoms with Gasteiger partial charge in [-0.2, -0.15) is 5.21 Å². The van der Waals surface area contributed by atoms with Gasteiger partial charge in [-0.05, 0) is 12.1 Å². The van der Waals surface area contributed by atoms with E-state index in [1.807, 2.05) is 6.92 Å². The SMILES string of the molecule is CC(Cc1cnccn1)NC(=O)Nc1nn[nH]n1. The van der Waals surface area contributed by atoms with Gasteiger partial charge >= 0.3 is 6.03 Å². The van der Waals surface area contributed by atoms with E-state index in [1.54, 1.807) is 18.6 Å². The molecule has 0 saturated carbocycles. The van der Waals surface area contributed by atoms with E-state index in [9.17, 15) is 4.79 Å². The summed E-state index contributed by atoms with van der Waals surface area (Å²) in [6.07, 6.45) is 5.47. The maximum Gasteiger partial charge on any atom is 0.321 e. The molecule has 94 valence electrons. The summed E-state index contributed by atoms with van der Waals surface area (Å²) in [7, 11) is 0. The summed E-state index contributed by atoms with van der Waals surface area (Å²) in [6, 6.07) is -0.485. The molecule has 2 aromatic heterocycles. The van der Waals surface area contributed by atoms with E-state index in [4.69, 9.17) is 0 Å². The second kappa shape index (κ2) is 5.66. The second-order valence-corrected chi connectivity index (χ2v) is 3.64. The normalized spacial score (nSPS) is 11.8. The van der Waals surface area contributed by atoms with Crippen LogP contribution in [0.25, 0.3) is 0 Å². The second-order valence-electron chi connectivity index (χ2n) is 3.64. The number of urea groups is 1. The van der Waals surface area contributed by atoms with Crippen molar-refractivity contribution in [3.8, 4) is 0 Å². The largest absolute Gasteiger partial charge is 0.335 e. The van der Waals surface area contributed by atoms with Crippen LogP contribution in [-0.2, 0) is 6.42 Å². The van der Waals surface area contributed by atoms with Gasteiger partial charge in [0.2, 0.25) is 0 Å². The topological polar surface area (TPSA) is 121 Å². The minimum atomic E-state index is -0.396. The molecule has 18 heavy (non-hydrogen) atoms. The third-order valence-corrected chi connectivity index (χ3v) is 2.08. The molecular formula is C9H12N8O. The molecule has 0 bridgehead atoms. The van der Waals surface area contributed by atoms with Crippen LogP contribution >= 0.6 is 0 Å². The van der Waals surface area contributed by atoms with E-state index < -0.39 is 6.03 Å². The molecule has 9 nitrogen and oxygen atoms in total. The fourth-order valence-corrected chi connectivity index (χ4v) is 1.38. The van der Waals surface area contributed by atoms with E-state index >= 15 is 0 Å². The van der Waals surface area contributed by atoms with E-state index in [1.165, 1.54) is 0 Å². The molecule has 9 heteroatoms. The Morgan fingerprint density at radius 2 is 2.39 bits per heavy atom. The van der Waals surface area contributed by atoms with Crippen molar-refractivity contribution in [1.29, 1.82) is 0 Å². The zero-order chi connectivity index (χ0) is 12.8. The zero-order valence-corrected chi connectivity index (χ0v) is 9.66. The van der Waals surface area contributed by atoms with Gasteiger partial charge in [0.15, 0.2) is 0 Å². The number of rotatable bonds is 4. The average molecular weight is 248 g/mol. The van der Waals surface area contributed by atoms with Crippen LogP contribution in [-0.4, -0.2) is 42.7 Å². The Morgan fingerprint density at radius 1 is 1.50 bits per heavy atom. The van der Waals surface area contributed by atoms with Gasteiger partial charge in [-0.1, -0.05) is 5.10 Å². The number of amides is 2. The molecule has 2 aromatic rings. The molecule has 0 aliphatic carbocycles. The van der Waals surface area contributed by atoms with E-state index in [-0.39, 0.29) is 12.0 Å². The van der Waals surface area contributed by atoms with Crippen LogP contribution in [0.2, 0.25) is 0 Å². The van der Waals surface area contributed by atoms with Gasteiger partial charge in [0, 0.05) is 31.1 Å². The smallest absolute Gasteiger partial charge is 0.321 e. The van der Waals surface area contributed by atoms with Gasteiger partial charge in [-0.3, -0.25) is 15.3 Å². The van der Waals surface area contributed by atoms with Crippen molar-refractivity contribution in [1.82, 2.24) is 35.9 Å². The monoisotopic (exact) mass is 248 g/mol. The lowest BCUT2D eigenvalue weighted by Gasteiger charge is -2.12. The third kappa shape index (κ3) is 3.47. The summed E-state index contributed by atoms with van der Waals surface area (Å²) in [5, 5.41) is 17.9. The van der Waals surface area contributed by atoms with Crippen molar-refractivity contribution in [2.24, 2.45) is 0 Å². The van der Waals surface area contributed by atoms with Gasteiger partial charge < -0.3 is 5.32 Å². The average Bonchev–Trinajstić information content (AvgIpc) is 2.82. The van der Waals surface area contributed by atoms with Crippen molar-refractivity contribution in [3.63, 3.8) is 0 Å². The molecule has 0 saturated heterocycles. The first-order valence-corrected chi connectivity index (χ1v) is 5.30.